The Labute approximate surface area is 145 Å². The van der Waals surface area contributed by atoms with Crippen molar-refractivity contribution in [3.63, 3.8) is 0 Å². The molecule has 0 atom stereocenters. The number of carbonyl (C=O) groups excluding carboxylic acids is 1. The number of pyridine rings is 1. The number of nitrogens with zero attached hydrogens (tertiary/aromatic N) is 3. The van der Waals surface area contributed by atoms with Crippen LogP contribution in [0.25, 0.3) is 11.0 Å². The van der Waals surface area contributed by atoms with Crippen molar-refractivity contribution >= 4 is 16.9 Å². The Hall–Kier alpha value is -2.64. The third kappa shape index (κ3) is 3.72. The molecule has 0 spiro atoms. The Morgan fingerprint density at radius 2 is 1.96 bits per heavy atom. The predicted molar refractivity (Wildman–Crippen MR) is 95.0 cm³/mol. The average molecular weight is 348 g/mol. The molecule has 136 valence electrons. The molecule has 0 aliphatic heterocycles. The van der Waals surface area contributed by atoms with Gasteiger partial charge in [-0.05, 0) is 34.6 Å². The van der Waals surface area contributed by atoms with E-state index in [4.69, 9.17) is 4.74 Å². The second kappa shape index (κ2) is 6.70. The monoisotopic (exact) mass is 348 g/mol. The molecule has 0 radical (unpaired) electrons. The summed E-state index contributed by atoms with van der Waals surface area (Å²) in [6.45, 7) is 9.07. The van der Waals surface area contributed by atoms with Gasteiger partial charge in [0.1, 0.15) is 17.7 Å². The van der Waals surface area contributed by atoms with Crippen LogP contribution in [0.2, 0.25) is 0 Å². The van der Waals surface area contributed by atoms with Gasteiger partial charge in [-0.1, -0.05) is 0 Å². The summed E-state index contributed by atoms with van der Waals surface area (Å²) >= 11 is 0. The molecule has 1 amide bonds. The molecule has 8 heteroatoms. The van der Waals surface area contributed by atoms with Gasteiger partial charge >= 0.3 is 5.69 Å². The first-order valence-corrected chi connectivity index (χ1v) is 8.09. The number of carbonyl (C=O) groups is 1. The lowest BCUT2D eigenvalue weighted by Crippen LogP contribution is -2.47. The van der Waals surface area contributed by atoms with Crippen molar-refractivity contribution in [3.8, 4) is 5.75 Å². The fourth-order valence-corrected chi connectivity index (χ4v) is 2.59. The summed E-state index contributed by atoms with van der Waals surface area (Å²) in [6.07, 6.45) is 1.56. The number of nitrogens with one attached hydrogen (secondary N) is 1. The van der Waals surface area contributed by atoms with Crippen LogP contribution in [0.4, 0.5) is 0 Å². The number of fused-ring (bicyclic) bond motifs is 1. The highest BCUT2D eigenvalue weighted by molar-refractivity contribution is 5.83. The van der Waals surface area contributed by atoms with Crippen molar-refractivity contribution in [2.75, 3.05) is 6.61 Å². The minimum Gasteiger partial charge on any atom is -0.493 e. The number of aromatic nitrogens is 3. The molecule has 0 aliphatic carbocycles. The van der Waals surface area contributed by atoms with Gasteiger partial charge in [0.15, 0.2) is 5.65 Å². The zero-order valence-corrected chi connectivity index (χ0v) is 15.5. The fraction of sp³-hybridized carbons (Fsp3) is 0.529. The van der Waals surface area contributed by atoms with E-state index in [2.05, 4.69) is 10.3 Å². The number of rotatable bonds is 4. The lowest BCUT2D eigenvalue weighted by atomic mass is 10.1. The summed E-state index contributed by atoms with van der Waals surface area (Å²) in [5.41, 5.74) is -0.716. The van der Waals surface area contributed by atoms with Gasteiger partial charge in [0.25, 0.3) is 5.56 Å². The molecule has 0 unspecified atom stereocenters. The van der Waals surface area contributed by atoms with E-state index >= 15 is 0 Å². The van der Waals surface area contributed by atoms with Gasteiger partial charge in [-0.3, -0.25) is 14.2 Å². The third-order valence-electron chi connectivity index (χ3n) is 3.59. The van der Waals surface area contributed by atoms with Crippen LogP contribution < -0.4 is 21.3 Å². The number of ether oxygens (including phenoxy) is 1. The Kier molecular flexibility index (Phi) is 5.01. The largest absolute Gasteiger partial charge is 0.493 e. The molecule has 0 saturated heterocycles. The molecule has 0 aromatic carbocycles. The second-order valence-corrected chi connectivity index (χ2v) is 6.93. The van der Waals surface area contributed by atoms with Crippen LogP contribution in [0.5, 0.6) is 5.75 Å². The molecule has 1 N–H and O–H groups in total. The predicted octanol–water partition coefficient (Wildman–Crippen LogP) is 0.717. The lowest BCUT2D eigenvalue weighted by molar-refractivity contribution is -0.123. The SMILES string of the molecule is CCOc1c(C)cnc2c1c(=O)n(CC(=O)NC(C)(C)C)c(=O)n2C. The van der Waals surface area contributed by atoms with Crippen LogP contribution in [0.1, 0.15) is 33.3 Å². The van der Waals surface area contributed by atoms with Gasteiger partial charge in [0.2, 0.25) is 5.91 Å². The van der Waals surface area contributed by atoms with Crippen LogP contribution in [0.15, 0.2) is 15.8 Å². The van der Waals surface area contributed by atoms with Gasteiger partial charge in [-0.2, -0.15) is 0 Å². The van der Waals surface area contributed by atoms with Crippen molar-refractivity contribution < 1.29 is 9.53 Å². The number of amides is 1. The van der Waals surface area contributed by atoms with E-state index in [1.165, 1.54) is 11.6 Å². The van der Waals surface area contributed by atoms with E-state index in [-0.39, 0.29) is 17.6 Å². The minimum absolute atomic E-state index is 0.201. The van der Waals surface area contributed by atoms with E-state index in [1.54, 1.807) is 13.1 Å². The number of aryl methyl sites for hydroxylation is 2. The third-order valence-corrected chi connectivity index (χ3v) is 3.59. The van der Waals surface area contributed by atoms with Gasteiger partial charge in [-0.25, -0.2) is 14.3 Å². The fourth-order valence-electron chi connectivity index (χ4n) is 2.59. The van der Waals surface area contributed by atoms with Gasteiger partial charge in [-0.15, -0.1) is 0 Å². The lowest BCUT2D eigenvalue weighted by Gasteiger charge is -2.21. The van der Waals surface area contributed by atoms with Gasteiger partial charge < -0.3 is 10.1 Å². The van der Waals surface area contributed by atoms with Crippen LogP contribution in [-0.2, 0) is 18.4 Å². The summed E-state index contributed by atoms with van der Waals surface area (Å²) in [5, 5.41) is 2.95. The first-order chi connectivity index (χ1) is 11.6. The minimum atomic E-state index is -0.597. The number of hydrogen-bond acceptors (Lipinski definition) is 5. The zero-order chi connectivity index (χ0) is 18.9. The van der Waals surface area contributed by atoms with Crippen molar-refractivity contribution in [2.45, 2.75) is 46.7 Å². The Morgan fingerprint density at radius 3 is 2.52 bits per heavy atom. The molecule has 2 aromatic heterocycles. The van der Waals surface area contributed by atoms with E-state index in [0.717, 1.165) is 4.57 Å². The van der Waals surface area contributed by atoms with Crippen LogP contribution >= 0.6 is 0 Å². The Morgan fingerprint density at radius 1 is 1.32 bits per heavy atom. The number of hydrogen-bond donors (Lipinski definition) is 1. The molecule has 0 saturated carbocycles. The van der Waals surface area contributed by atoms with E-state index < -0.39 is 22.7 Å². The van der Waals surface area contributed by atoms with Crippen molar-refractivity contribution in [2.24, 2.45) is 7.05 Å². The van der Waals surface area contributed by atoms with Gasteiger partial charge in [0.05, 0.1) is 6.61 Å². The molecular formula is C17H24N4O4. The molecule has 25 heavy (non-hydrogen) atoms. The van der Waals surface area contributed by atoms with Crippen LogP contribution in [-0.4, -0.2) is 32.2 Å². The van der Waals surface area contributed by atoms with E-state index in [1.807, 2.05) is 27.7 Å². The highest BCUT2D eigenvalue weighted by atomic mass is 16.5. The molecule has 0 fully saturated rings. The van der Waals surface area contributed by atoms with Crippen LogP contribution in [0, 0.1) is 6.92 Å². The van der Waals surface area contributed by atoms with Crippen molar-refractivity contribution in [1.29, 1.82) is 0 Å². The van der Waals surface area contributed by atoms with Crippen LogP contribution in [0.3, 0.4) is 0 Å². The zero-order valence-electron chi connectivity index (χ0n) is 15.5. The summed E-state index contributed by atoms with van der Waals surface area (Å²) < 4.78 is 7.76. The molecule has 8 nitrogen and oxygen atoms in total. The Balaban J connectivity index is 2.70. The molecule has 0 aliphatic rings. The first kappa shape index (κ1) is 18.7. The van der Waals surface area contributed by atoms with Crippen molar-refractivity contribution in [3.05, 3.63) is 32.6 Å². The molecule has 0 bridgehead atoms. The summed E-state index contributed by atoms with van der Waals surface area (Å²) in [5.74, 6) is -0.0253. The summed E-state index contributed by atoms with van der Waals surface area (Å²) in [7, 11) is 1.51. The summed E-state index contributed by atoms with van der Waals surface area (Å²) in [6, 6.07) is 0. The highest BCUT2D eigenvalue weighted by Crippen LogP contribution is 2.24. The first-order valence-electron chi connectivity index (χ1n) is 8.09. The maximum atomic E-state index is 12.9. The standard InChI is InChI=1S/C17H24N4O4/c1-7-25-13-10(2)8-18-14-12(13)15(23)21(16(24)20(14)6)9-11(22)19-17(3,4)5/h8H,7,9H2,1-6H3,(H,19,22). The highest BCUT2D eigenvalue weighted by Gasteiger charge is 2.21. The van der Waals surface area contributed by atoms with Crippen molar-refractivity contribution in [1.82, 2.24) is 19.4 Å². The van der Waals surface area contributed by atoms with Gasteiger partial charge in [0, 0.05) is 24.3 Å². The topological polar surface area (TPSA) is 95.2 Å². The molecular weight excluding hydrogens is 324 g/mol. The van der Waals surface area contributed by atoms with E-state index in [0.29, 0.717) is 17.9 Å². The normalized spacial score (nSPS) is 11.6. The second-order valence-electron chi connectivity index (χ2n) is 6.93. The average Bonchev–Trinajstić information content (AvgIpc) is 2.49. The summed E-state index contributed by atoms with van der Waals surface area (Å²) in [4.78, 5) is 41.8. The van der Waals surface area contributed by atoms with E-state index in [9.17, 15) is 14.4 Å². The molecule has 2 aromatic rings. The smallest absolute Gasteiger partial charge is 0.332 e. The quantitative estimate of drug-likeness (QED) is 0.878. The Bertz CT molecular complexity index is 935. The maximum Gasteiger partial charge on any atom is 0.332 e. The molecule has 2 heterocycles. The molecule has 2 rings (SSSR count). The maximum absolute atomic E-state index is 12.9.